The topological polar surface area (TPSA) is 115 Å². The summed E-state index contributed by atoms with van der Waals surface area (Å²) < 4.78 is 20.7. The van der Waals surface area contributed by atoms with Crippen LogP contribution in [0.1, 0.15) is 0 Å². The Morgan fingerprint density at radius 1 is 1.17 bits per heavy atom. The highest BCUT2D eigenvalue weighted by molar-refractivity contribution is 9.10. The van der Waals surface area contributed by atoms with Crippen molar-refractivity contribution in [2.75, 3.05) is 17.7 Å². The first-order valence-electron chi connectivity index (χ1n) is 8.37. The Labute approximate surface area is 181 Å². The number of ether oxygens (including phenoxy) is 1. The summed E-state index contributed by atoms with van der Waals surface area (Å²) in [5.41, 5.74) is 0.310. The summed E-state index contributed by atoms with van der Waals surface area (Å²) in [5, 5.41) is 17.7. The highest BCUT2D eigenvalue weighted by Crippen LogP contribution is 2.36. The summed E-state index contributed by atoms with van der Waals surface area (Å²) in [6.07, 6.45) is 1.14. The Hall–Kier alpha value is -3.38. The number of benzene rings is 2. The van der Waals surface area contributed by atoms with E-state index >= 15 is 0 Å². The summed E-state index contributed by atoms with van der Waals surface area (Å²) in [6.45, 7) is 0. The van der Waals surface area contributed by atoms with Crippen LogP contribution < -0.4 is 15.4 Å². The van der Waals surface area contributed by atoms with Crippen molar-refractivity contribution in [2.24, 2.45) is 0 Å². The van der Waals surface area contributed by atoms with E-state index in [9.17, 15) is 14.5 Å². The number of rotatable bonds is 6. The number of methoxy groups -OCH3 is 1. The van der Waals surface area contributed by atoms with Crippen molar-refractivity contribution < 1.29 is 14.1 Å². The third-order valence-corrected chi connectivity index (χ3v) is 5.44. The summed E-state index contributed by atoms with van der Waals surface area (Å²) in [5.74, 6) is -0.136. The largest absolute Gasteiger partial charge is 0.497 e. The monoisotopic (exact) mass is 490 g/mol. The fraction of sp³-hybridized carbons (Fsp3) is 0.0556. The maximum Gasteiger partial charge on any atom is 0.353 e. The number of nitrogens with zero attached hydrogens (tertiary/aromatic N) is 4. The van der Waals surface area contributed by atoms with E-state index < -0.39 is 16.4 Å². The van der Waals surface area contributed by atoms with Gasteiger partial charge >= 0.3 is 5.69 Å². The molecule has 30 heavy (non-hydrogen) atoms. The molecule has 0 aliphatic rings. The molecule has 0 spiro atoms. The third kappa shape index (κ3) is 4.00. The number of nitrogens with one attached hydrogen (secondary N) is 2. The molecule has 2 aromatic carbocycles. The van der Waals surface area contributed by atoms with Gasteiger partial charge in [-0.05, 0) is 36.4 Å². The molecular weight excluding hydrogens is 479 g/mol. The van der Waals surface area contributed by atoms with Crippen LogP contribution in [0.2, 0.25) is 0 Å². The first-order valence-corrected chi connectivity index (χ1v) is 9.98. The van der Waals surface area contributed by atoms with E-state index in [0.29, 0.717) is 20.9 Å². The van der Waals surface area contributed by atoms with Gasteiger partial charge in [-0.3, -0.25) is 10.1 Å². The van der Waals surface area contributed by atoms with Crippen LogP contribution in [0.5, 0.6) is 5.75 Å². The van der Waals surface area contributed by atoms with Gasteiger partial charge in [0, 0.05) is 4.47 Å². The van der Waals surface area contributed by atoms with Crippen molar-refractivity contribution in [3.8, 4) is 5.75 Å². The molecule has 2 N–H and O–H groups in total. The van der Waals surface area contributed by atoms with Crippen LogP contribution in [0.25, 0.3) is 10.2 Å². The van der Waals surface area contributed by atoms with Crippen LogP contribution in [0.3, 0.4) is 0 Å². The summed E-state index contributed by atoms with van der Waals surface area (Å²) in [4.78, 5) is 23.4. The molecule has 9 nitrogen and oxygen atoms in total. The van der Waals surface area contributed by atoms with Crippen LogP contribution in [-0.2, 0) is 0 Å². The zero-order valence-electron chi connectivity index (χ0n) is 15.2. The lowest BCUT2D eigenvalue weighted by molar-refractivity contribution is -0.383. The molecule has 12 heteroatoms. The number of hydrogen-bond donors (Lipinski definition) is 2. The fourth-order valence-corrected chi connectivity index (χ4v) is 3.87. The first kappa shape index (κ1) is 19.9. The molecule has 0 radical (unpaired) electrons. The van der Waals surface area contributed by atoms with Gasteiger partial charge in [-0.25, -0.2) is 19.3 Å². The Morgan fingerprint density at radius 2 is 1.93 bits per heavy atom. The number of halogens is 2. The van der Waals surface area contributed by atoms with Crippen LogP contribution in [0, 0.1) is 15.9 Å². The average molecular weight is 491 g/mol. The number of hydrogen-bond acceptors (Lipinski definition) is 9. The predicted molar refractivity (Wildman–Crippen MR) is 116 cm³/mol. The van der Waals surface area contributed by atoms with Crippen molar-refractivity contribution in [3.63, 3.8) is 0 Å². The van der Waals surface area contributed by atoms with E-state index in [4.69, 9.17) is 4.74 Å². The van der Waals surface area contributed by atoms with Gasteiger partial charge in [-0.2, -0.15) is 0 Å². The minimum Gasteiger partial charge on any atom is -0.497 e. The Bertz CT molecular complexity index is 1270. The highest BCUT2D eigenvalue weighted by Gasteiger charge is 2.25. The molecule has 0 bridgehead atoms. The number of anilines is 4. The quantitative estimate of drug-likeness (QED) is 0.273. The highest BCUT2D eigenvalue weighted by atomic mass is 79.9. The molecule has 0 aliphatic carbocycles. The van der Waals surface area contributed by atoms with E-state index in [-0.39, 0.29) is 17.3 Å². The van der Waals surface area contributed by atoms with Crippen molar-refractivity contribution >= 4 is 65.6 Å². The lowest BCUT2D eigenvalue weighted by Crippen LogP contribution is -2.06. The molecular formula is C18H12BrFN6O3S. The number of aromatic nitrogens is 3. The summed E-state index contributed by atoms with van der Waals surface area (Å²) >= 11 is 4.45. The van der Waals surface area contributed by atoms with E-state index in [1.165, 1.54) is 23.5 Å². The van der Waals surface area contributed by atoms with Crippen molar-refractivity contribution in [1.29, 1.82) is 0 Å². The average Bonchev–Trinajstić information content (AvgIpc) is 3.11. The van der Waals surface area contributed by atoms with Crippen LogP contribution >= 0.6 is 27.3 Å². The normalized spacial score (nSPS) is 10.8. The van der Waals surface area contributed by atoms with Gasteiger partial charge in [0.1, 0.15) is 17.9 Å². The van der Waals surface area contributed by atoms with Crippen LogP contribution in [-0.4, -0.2) is 27.0 Å². The molecule has 152 valence electrons. The number of fused-ring (bicyclic) bond motifs is 1. The Morgan fingerprint density at radius 3 is 2.63 bits per heavy atom. The molecule has 0 amide bonds. The van der Waals surface area contributed by atoms with Crippen LogP contribution in [0.15, 0.2) is 47.2 Å². The van der Waals surface area contributed by atoms with Gasteiger partial charge in [0.2, 0.25) is 11.6 Å². The Balaban J connectivity index is 1.70. The first-order chi connectivity index (χ1) is 14.4. The zero-order chi connectivity index (χ0) is 21.3. The SMILES string of the molecule is COc1ccc2nc(Nc3ncnc(Nc4ccc(Br)cc4F)c3[N+](=O)[O-])sc2c1. The number of nitro groups is 1. The third-order valence-electron chi connectivity index (χ3n) is 4.01. The molecule has 0 saturated heterocycles. The summed E-state index contributed by atoms with van der Waals surface area (Å²) in [7, 11) is 1.56. The maximum atomic E-state index is 14.2. The number of thiazole rings is 1. The standard InChI is InChI=1S/C18H12BrFN6O3S/c1-29-10-3-5-13-14(7-10)30-18(24-13)25-17-15(26(27)28)16(21-8-22-17)23-12-4-2-9(19)6-11(12)20/h2-8H,1H3,(H2,21,22,23,24,25). The predicted octanol–water partition coefficient (Wildman–Crippen LogP) is 5.39. The smallest absolute Gasteiger partial charge is 0.353 e. The molecule has 2 heterocycles. The minimum absolute atomic E-state index is 0.0398. The van der Waals surface area contributed by atoms with E-state index in [1.807, 2.05) is 6.07 Å². The molecule has 0 unspecified atom stereocenters. The van der Waals surface area contributed by atoms with Gasteiger partial charge in [-0.15, -0.1) is 0 Å². The van der Waals surface area contributed by atoms with Crippen molar-refractivity contribution in [3.05, 3.63) is 63.1 Å². The molecule has 0 atom stereocenters. The molecule has 0 aliphatic heterocycles. The second-order valence-electron chi connectivity index (χ2n) is 5.90. The Kier molecular flexibility index (Phi) is 5.42. The molecule has 2 aromatic heterocycles. The lowest BCUT2D eigenvalue weighted by atomic mass is 10.3. The van der Waals surface area contributed by atoms with Crippen molar-refractivity contribution in [1.82, 2.24) is 15.0 Å². The van der Waals surface area contributed by atoms with Gasteiger partial charge in [0.05, 0.1) is 27.9 Å². The minimum atomic E-state index is -0.641. The zero-order valence-corrected chi connectivity index (χ0v) is 17.6. The van der Waals surface area contributed by atoms with E-state index in [1.54, 1.807) is 25.3 Å². The summed E-state index contributed by atoms with van der Waals surface area (Å²) in [6, 6.07) is 9.66. The fourth-order valence-electron chi connectivity index (χ4n) is 2.64. The maximum absolute atomic E-state index is 14.2. The second-order valence-corrected chi connectivity index (χ2v) is 7.85. The van der Waals surface area contributed by atoms with E-state index in [0.717, 1.165) is 11.0 Å². The van der Waals surface area contributed by atoms with Crippen LogP contribution in [0.4, 0.5) is 32.5 Å². The molecule has 4 aromatic rings. The molecule has 0 saturated carbocycles. The van der Waals surface area contributed by atoms with Gasteiger partial charge < -0.3 is 15.4 Å². The molecule has 0 fully saturated rings. The van der Waals surface area contributed by atoms with Gasteiger partial charge in [0.15, 0.2) is 5.13 Å². The van der Waals surface area contributed by atoms with Gasteiger partial charge in [-0.1, -0.05) is 27.3 Å². The lowest BCUT2D eigenvalue weighted by Gasteiger charge is -2.09. The van der Waals surface area contributed by atoms with E-state index in [2.05, 4.69) is 41.5 Å². The second kappa shape index (κ2) is 8.16. The van der Waals surface area contributed by atoms with Crippen molar-refractivity contribution in [2.45, 2.75) is 0 Å². The van der Waals surface area contributed by atoms with Gasteiger partial charge in [0.25, 0.3) is 0 Å². The molecule has 4 rings (SSSR count).